The van der Waals surface area contributed by atoms with Gasteiger partial charge in [0.05, 0.1) is 18.2 Å². The van der Waals surface area contributed by atoms with Crippen molar-refractivity contribution in [3.05, 3.63) is 53.9 Å². The molecule has 1 atom stereocenters. The van der Waals surface area contributed by atoms with Crippen LogP contribution in [-0.4, -0.2) is 28.0 Å². The van der Waals surface area contributed by atoms with Crippen LogP contribution in [0.4, 0.5) is 13.2 Å². The van der Waals surface area contributed by atoms with Crippen molar-refractivity contribution in [1.82, 2.24) is 15.1 Å². The van der Waals surface area contributed by atoms with Gasteiger partial charge in [0.1, 0.15) is 0 Å². The predicted octanol–water partition coefficient (Wildman–Crippen LogP) is 2.23. The number of alkyl halides is 3. The largest absolute Gasteiger partial charge is 0.416 e. The first-order chi connectivity index (χ1) is 9.97. The molecule has 4 nitrogen and oxygen atoms in total. The first-order valence-electron chi connectivity index (χ1n) is 6.50. The molecule has 0 fully saturated rings. The van der Waals surface area contributed by atoms with Gasteiger partial charge in [0.25, 0.3) is 0 Å². The van der Waals surface area contributed by atoms with Crippen molar-refractivity contribution in [3.63, 3.8) is 0 Å². The van der Waals surface area contributed by atoms with E-state index >= 15 is 0 Å². The average molecular weight is 299 g/mol. The summed E-state index contributed by atoms with van der Waals surface area (Å²) in [5, 5.41) is 16.9. The number of aromatic nitrogens is 2. The number of halogens is 3. The van der Waals surface area contributed by atoms with Crippen LogP contribution >= 0.6 is 0 Å². The fraction of sp³-hybridized carbons (Fsp3) is 0.357. The normalized spacial score (nSPS) is 13.3. The van der Waals surface area contributed by atoms with Crippen LogP contribution in [0.1, 0.15) is 17.2 Å². The van der Waals surface area contributed by atoms with Crippen LogP contribution < -0.4 is 5.32 Å². The number of aliphatic hydroxyl groups excluding tert-OH is 1. The maximum atomic E-state index is 12.6. The summed E-state index contributed by atoms with van der Waals surface area (Å²) in [5.74, 6) is 0. The van der Waals surface area contributed by atoms with Gasteiger partial charge in [-0.3, -0.25) is 4.68 Å². The minimum atomic E-state index is -4.40. The van der Waals surface area contributed by atoms with E-state index in [1.807, 2.05) is 6.20 Å². The zero-order valence-corrected chi connectivity index (χ0v) is 11.2. The molecule has 0 amide bonds. The molecule has 1 heterocycles. The fourth-order valence-corrected chi connectivity index (χ4v) is 1.91. The summed E-state index contributed by atoms with van der Waals surface area (Å²) in [6.45, 7) is 1.38. The molecule has 0 radical (unpaired) electrons. The van der Waals surface area contributed by atoms with Gasteiger partial charge in [0.15, 0.2) is 0 Å². The Labute approximate surface area is 120 Å². The van der Waals surface area contributed by atoms with Crippen molar-refractivity contribution in [2.75, 3.05) is 13.1 Å². The van der Waals surface area contributed by atoms with E-state index in [0.29, 0.717) is 13.1 Å². The van der Waals surface area contributed by atoms with Gasteiger partial charge in [-0.25, -0.2) is 0 Å². The van der Waals surface area contributed by atoms with Crippen LogP contribution in [0.5, 0.6) is 0 Å². The van der Waals surface area contributed by atoms with Gasteiger partial charge in [-0.15, -0.1) is 0 Å². The van der Waals surface area contributed by atoms with E-state index in [2.05, 4.69) is 10.4 Å². The third-order valence-electron chi connectivity index (χ3n) is 3.01. The molecule has 21 heavy (non-hydrogen) atoms. The lowest BCUT2D eigenvalue weighted by Crippen LogP contribution is -2.25. The van der Waals surface area contributed by atoms with E-state index in [1.165, 1.54) is 12.1 Å². The van der Waals surface area contributed by atoms with Gasteiger partial charge < -0.3 is 10.4 Å². The third kappa shape index (κ3) is 4.57. The SMILES string of the molecule is OC(CNCCn1cccn1)c1cccc(C(F)(F)F)c1. The highest BCUT2D eigenvalue weighted by atomic mass is 19.4. The Morgan fingerprint density at radius 1 is 1.29 bits per heavy atom. The number of benzene rings is 1. The molecule has 0 saturated heterocycles. The van der Waals surface area contributed by atoms with E-state index in [-0.39, 0.29) is 12.1 Å². The lowest BCUT2D eigenvalue weighted by Gasteiger charge is -2.14. The van der Waals surface area contributed by atoms with E-state index in [9.17, 15) is 18.3 Å². The van der Waals surface area contributed by atoms with Crippen LogP contribution in [0, 0.1) is 0 Å². The standard InChI is InChI=1S/C14H16F3N3O/c15-14(16,17)12-4-1-3-11(9-12)13(21)10-18-6-8-20-7-2-5-19-20/h1-5,7,9,13,18,21H,6,8,10H2. The number of nitrogens with zero attached hydrogens (tertiary/aromatic N) is 2. The van der Waals surface area contributed by atoms with Crippen molar-refractivity contribution in [3.8, 4) is 0 Å². The van der Waals surface area contributed by atoms with Crippen LogP contribution in [-0.2, 0) is 12.7 Å². The van der Waals surface area contributed by atoms with E-state index in [0.717, 1.165) is 12.1 Å². The van der Waals surface area contributed by atoms with Crippen molar-refractivity contribution in [2.24, 2.45) is 0 Å². The molecule has 2 N–H and O–H groups in total. The average Bonchev–Trinajstić information content (AvgIpc) is 2.96. The number of rotatable bonds is 6. The molecule has 7 heteroatoms. The molecular weight excluding hydrogens is 283 g/mol. The number of aliphatic hydroxyl groups is 1. The fourth-order valence-electron chi connectivity index (χ4n) is 1.91. The molecule has 114 valence electrons. The zero-order chi connectivity index (χ0) is 15.3. The highest BCUT2D eigenvalue weighted by Crippen LogP contribution is 2.30. The number of hydrogen-bond donors (Lipinski definition) is 2. The smallest absolute Gasteiger partial charge is 0.387 e. The first kappa shape index (κ1) is 15.5. The van der Waals surface area contributed by atoms with Crippen molar-refractivity contribution in [1.29, 1.82) is 0 Å². The van der Waals surface area contributed by atoms with Gasteiger partial charge in [0, 0.05) is 25.5 Å². The molecule has 0 bridgehead atoms. The number of nitrogens with one attached hydrogen (secondary N) is 1. The topological polar surface area (TPSA) is 50.1 Å². The summed E-state index contributed by atoms with van der Waals surface area (Å²) in [5.41, 5.74) is -0.507. The van der Waals surface area contributed by atoms with Gasteiger partial charge in [-0.1, -0.05) is 12.1 Å². The van der Waals surface area contributed by atoms with Crippen LogP contribution in [0.25, 0.3) is 0 Å². The van der Waals surface area contributed by atoms with Gasteiger partial charge >= 0.3 is 6.18 Å². The predicted molar refractivity (Wildman–Crippen MR) is 71.5 cm³/mol. The minimum Gasteiger partial charge on any atom is -0.387 e. The van der Waals surface area contributed by atoms with Crippen molar-refractivity contribution >= 4 is 0 Å². The van der Waals surface area contributed by atoms with Crippen LogP contribution in [0.2, 0.25) is 0 Å². The van der Waals surface area contributed by atoms with E-state index in [1.54, 1.807) is 16.9 Å². The summed E-state index contributed by atoms with van der Waals surface area (Å²) in [4.78, 5) is 0. The maximum absolute atomic E-state index is 12.6. The Bertz CT molecular complexity index is 555. The Kier molecular flexibility index (Phi) is 4.98. The molecule has 0 spiro atoms. The molecule has 1 unspecified atom stereocenters. The van der Waals surface area contributed by atoms with E-state index < -0.39 is 17.8 Å². The van der Waals surface area contributed by atoms with E-state index in [4.69, 9.17) is 0 Å². The summed E-state index contributed by atoms with van der Waals surface area (Å²) >= 11 is 0. The molecule has 0 aliphatic carbocycles. The monoisotopic (exact) mass is 299 g/mol. The van der Waals surface area contributed by atoms with Gasteiger partial charge in [-0.2, -0.15) is 18.3 Å². The molecule has 2 rings (SSSR count). The second kappa shape index (κ2) is 6.73. The van der Waals surface area contributed by atoms with Gasteiger partial charge in [0.2, 0.25) is 0 Å². The molecule has 1 aromatic heterocycles. The summed E-state index contributed by atoms with van der Waals surface area (Å²) in [6.07, 6.45) is -1.91. The Morgan fingerprint density at radius 2 is 2.10 bits per heavy atom. The summed E-state index contributed by atoms with van der Waals surface area (Å²) in [6, 6.07) is 6.54. The second-order valence-electron chi connectivity index (χ2n) is 4.61. The molecule has 0 saturated carbocycles. The molecule has 0 aliphatic rings. The van der Waals surface area contributed by atoms with Crippen molar-refractivity contribution < 1.29 is 18.3 Å². The summed E-state index contributed by atoms with van der Waals surface area (Å²) < 4.78 is 39.5. The van der Waals surface area contributed by atoms with Crippen LogP contribution in [0.15, 0.2) is 42.7 Å². The molecule has 2 aromatic rings. The molecule has 0 aliphatic heterocycles. The quantitative estimate of drug-likeness (QED) is 0.804. The van der Waals surface area contributed by atoms with Crippen molar-refractivity contribution in [2.45, 2.75) is 18.8 Å². The first-order valence-corrected chi connectivity index (χ1v) is 6.50. The zero-order valence-electron chi connectivity index (χ0n) is 11.2. The summed E-state index contributed by atoms with van der Waals surface area (Å²) in [7, 11) is 0. The minimum absolute atomic E-state index is 0.183. The lowest BCUT2D eigenvalue weighted by atomic mass is 10.1. The highest BCUT2D eigenvalue weighted by molar-refractivity contribution is 5.27. The Morgan fingerprint density at radius 3 is 2.76 bits per heavy atom. The maximum Gasteiger partial charge on any atom is 0.416 e. The third-order valence-corrected chi connectivity index (χ3v) is 3.01. The van der Waals surface area contributed by atoms with Gasteiger partial charge in [-0.05, 0) is 23.8 Å². The lowest BCUT2D eigenvalue weighted by molar-refractivity contribution is -0.137. The number of hydrogen-bond acceptors (Lipinski definition) is 3. The Hall–Kier alpha value is -1.86. The Balaban J connectivity index is 1.84. The second-order valence-corrected chi connectivity index (χ2v) is 4.61. The highest BCUT2D eigenvalue weighted by Gasteiger charge is 2.30. The molecule has 1 aromatic carbocycles. The van der Waals surface area contributed by atoms with Crippen LogP contribution in [0.3, 0.4) is 0 Å². The molecular formula is C14H16F3N3O.